The highest BCUT2D eigenvalue weighted by Gasteiger charge is 2.32. The Morgan fingerprint density at radius 1 is 1.33 bits per heavy atom. The molecule has 5 nitrogen and oxygen atoms in total. The fourth-order valence-corrected chi connectivity index (χ4v) is 4.33. The van der Waals surface area contributed by atoms with Gasteiger partial charge in [0.15, 0.2) is 5.78 Å². The maximum atomic E-state index is 12.3. The van der Waals surface area contributed by atoms with Crippen LogP contribution in [0.4, 0.5) is 0 Å². The second-order valence-electron chi connectivity index (χ2n) is 6.73. The number of rotatable bonds is 3. The highest BCUT2D eigenvalue weighted by molar-refractivity contribution is 9.11. The Balaban J connectivity index is 1.84. The molecule has 24 heavy (non-hydrogen) atoms. The second kappa shape index (κ2) is 6.29. The van der Waals surface area contributed by atoms with Gasteiger partial charge in [-0.15, -0.1) is 11.3 Å². The molecular weight excluding hydrogens is 392 g/mol. The van der Waals surface area contributed by atoms with Crippen LogP contribution in [0.25, 0.3) is 0 Å². The summed E-state index contributed by atoms with van der Waals surface area (Å²) in [6, 6.07) is 5.24. The molecule has 0 aliphatic heterocycles. The Kier molecular flexibility index (Phi) is 4.48. The number of hydrogen-bond acceptors (Lipinski definition) is 4. The molecule has 0 aromatic carbocycles. The summed E-state index contributed by atoms with van der Waals surface area (Å²) in [5.74, 6) is -0.505. The SMILES string of the molecule is CC1(C)CC(=O)c2cc(C(=O)NCc3ccc(Br)s3)c(=O)[nH]c2C1. The number of H-pyrrole nitrogens is 1. The van der Waals surface area contributed by atoms with Gasteiger partial charge in [-0.25, -0.2) is 0 Å². The lowest BCUT2D eigenvalue weighted by Gasteiger charge is -2.29. The van der Waals surface area contributed by atoms with E-state index < -0.39 is 11.5 Å². The third-order valence-electron chi connectivity index (χ3n) is 4.01. The Hall–Kier alpha value is -1.73. The first kappa shape index (κ1) is 17.1. The number of Topliss-reactive ketones (excluding diaryl/α,β-unsaturated/α-hetero) is 1. The van der Waals surface area contributed by atoms with Crippen molar-refractivity contribution in [2.24, 2.45) is 5.41 Å². The number of thiophene rings is 1. The van der Waals surface area contributed by atoms with E-state index >= 15 is 0 Å². The van der Waals surface area contributed by atoms with Gasteiger partial charge in [-0.3, -0.25) is 14.4 Å². The Morgan fingerprint density at radius 2 is 2.08 bits per heavy atom. The molecule has 0 atom stereocenters. The summed E-state index contributed by atoms with van der Waals surface area (Å²) in [6.07, 6.45) is 1.03. The summed E-state index contributed by atoms with van der Waals surface area (Å²) >= 11 is 4.88. The van der Waals surface area contributed by atoms with Crippen LogP contribution < -0.4 is 10.9 Å². The van der Waals surface area contributed by atoms with E-state index in [0.29, 0.717) is 30.6 Å². The van der Waals surface area contributed by atoms with Crippen LogP contribution in [-0.2, 0) is 13.0 Å². The lowest BCUT2D eigenvalue weighted by Crippen LogP contribution is -2.34. The van der Waals surface area contributed by atoms with Gasteiger partial charge in [-0.05, 0) is 46.0 Å². The second-order valence-corrected chi connectivity index (χ2v) is 9.28. The standard InChI is InChI=1S/C17H17BrN2O3S/c1-17(2)6-12-10(13(21)7-17)5-11(16(23)20-12)15(22)19-8-9-3-4-14(18)24-9/h3-5H,6-8H2,1-2H3,(H,19,22)(H,20,23). The van der Waals surface area contributed by atoms with Crippen molar-refractivity contribution in [3.05, 3.63) is 54.0 Å². The van der Waals surface area contributed by atoms with Gasteiger partial charge >= 0.3 is 0 Å². The molecule has 0 saturated heterocycles. The molecule has 0 unspecified atom stereocenters. The van der Waals surface area contributed by atoms with E-state index in [2.05, 4.69) is 26.2 Å². The fraction of sp³-hybridized carbons (Fsp3) is 0.353. The first-order valence-electron chi connectivity index (χ1n) is 7.57. The zero-order valence-electron chi connectivity index (χ0n) is 13.4. The Bertz CT molecular complexity index is 882. The number of halogens is 1. The molecule has 1 amide bonds. The minimum atomic E-state index is -0.471. The van der Waals surface area contributed by atoms with Gasteiger partial charge in [-0.2, -0.15) is 0 Å². The van der Waals surface area contributed by atoms with Crippen molar-refractivity contribution in [3.8, 4) is 0 Å². The van der Waals surface area contributed by atoms with Gasteiger partial charge in [0.2, 0.25) is 0 Å². The monoisotopic (exact) mass is 408 g/mol. The minimum absolute atomic E-state index is 0.0163. The summed E-state index contributed by atoms with van der Waals surface area (Å²) in [5.41, 5.74) is 0.433. The molecule has 0 fully saturated rings. The highest BCUT2D eigenvalue weighted by atomic mass is 79.9. The fourth-order valence-electron chi connectivity index (χ4n) is 2.91. The summed E-state index contributed by atoms with van der Waals surface area (Å²) in [4.78, 5) is 40.6. The van der Waals surface area contributed by atoms with E-state index in [4.69, 9.17) is 0 Å². The maximum absolute atomic E-state index is 12.3. The molecule has 2 aromatic heterocycles. The average molecular weight is 409 g/mol. The molecular formula is C17H17BrN2O3S. The Morgan fingerprint density at radius 3 is 2.75 bits per heavy atom. The smallest absolute Gasteiger partial charge is 0.261 e. The van der Waals surface area contributed by atoms with Crippen molar-refractivity contribution in [1.82, 2.24) is 10.3 Å². The van der Waals surface area contributed by atoms with Gasteiger partial charge < -0.3 is 10.3 Å². The number of amides is 1. The van der Waals surface area contributed by atoms with Crippen molar-refractivity contribution < 1.29 is 9.59 Å². The first-order valence-corrected chi connectivity index (χ1v) is 9.18. The molecule has 2 aromatic rings. The zero-order chi connectivity index (χ0) is 17.5. The molecule has 0 saturated carbocycles. The first-order chi connectivity index (χ1) is 11.2. The summed E-state index contributed by atoms with van der Waals surface area (Å²) in [5, 5.41) is 2.73. The molecule has 7 heteroatoms. The number of carbonyl (C=O) groups excluding carboxylic acids is 2. The lowest BCUT2D eigenvalue weighted by atomic mass is 9.75. The average Bonchev–Trinajstić information content (AvgIpc) is 2.88. The Labute approximate surface area is 151 Å². The largest absolute Gasteiger partial charge is 0.347 e. The number of ketones is 1. The summed E-state index contributed by atoms with van der Waals surface area (Å²) in [6.45, 7) is 4.32. The lowest BCUT2D eigenvalue weighted by molar-refractivity contribution is 0.0910. The van der Waals surface area contributed by atoms with Crippen LogP contribution in [-0.4, -0.2) is 16.7 Å². The molecule has 2 N–H and O–H groups in total. The van der Waals surface area contributed by atoms with Crippen LogP contribution in [0.5, 0.6) is 0 Å². The maximum Gasteiger partial charge on any atom is 0.261 e. The number of carbonyl (C=O) groups is 2. The van der Waals surface area contributed by atoms with Crippen LogP contribution in [0.1, 0.15) is 51.6 Å². The van der Waals surface area contributed by atoms with Crippen molar-refractivity contribution in [2.75, 3.05) is 0 Å². The van der Waals surface area contributed by atoms with Crippen LogP contribution in [0, 0.1) is 5.41 Å². The third kappa shape index (κ3) is 3.52. The van der Waals surface area contributed by atoms with E-state index in [-0.39, 0.29) is 16.8 Å². The van der Waals surface area contributed by atoms with Crippen molar-refractivity contribution in [3.63, 3.8) is 0 Å². The molecule has 1 aliphatic carbocycles. The van der Waals surface area contributed by atoms with E-state index in [9.17, 15) is 14.4 Å². The molecule has 3 rings (SSSR count). The number of aromatic nitrogens is 1. The van der Waals surface area contributed by atoms with Gasteiger partial charge in [0.05, 0.1) is 10.3 Å². The molecule has 126 valence electrons. The molecule has 0 radical (unpaired) electrons. The van der Waals surface area contributed by atoms with Gasteiger partial charge in [0.25, 0.3) is 11.5 Å². The van der Waals surface area contributed by atoms with E-state index in [0.717, 1.165) is 8.66 Å². The molecule has 2 heterocycles. The van der Waals surface area contributed by atoms with Crippen molar-refractivity contribution in [1.29, 1.82) is 0 Å². The predicted octanol–water partition coefficient (Wildman–Crippen LogP) is 3.28. The third-order valence-corrected chi connectivity index (χ3v) is 5.64. The number of hydrogen-bond donors (Lipinski definition) is 2. The van der Waals surface area contributed by atoms with Crippen LogP contribution in [0.2, 0.25) is 0 Å². The van der Waals surface area contributed by atoms with Gasteiger partial charge in [-0.1, -0.05) is 13.8 Å². The van der Waals surface area contributed by atoms with E-state index in [1.807, 2.05) is 26.0 Å². The quantitative estimate of drug-likeness (QED) is 0.817. The highest BCUT2D eigenvalue weighted by Crippen LogP contribution is 2.33. The van der Waals surface area contributed by atoms with E-state index in [1.165, 1.54) is 17.4 Å². The predicted molar refractivity (Wildman–Crippen MR) is 96.7 cm³/mol. The molecule has 1 aliphatic rings. The topological polar surface area (TPSA) is 79.0 Å². The molecule has 0 bridgehead atoms. The van der Waals surface area contributed by atoms with Crippen molar-refractivity contribution >= 4 is 39.0 Å². The minimum Gasteiger partial charge on any atom is -0.347 e. The van der Waals surface area contributed by atoms with Crippen LogP contribution >= 0.6 is 27.3 Å². The number of nitrogens with one attached hydrogen (secondary N) is 2. The van der Waals surface area contributed by atoms with Crippen molar-refractivity contribution in [2.45, 2.75) is 33.2 Å². The number of pyridine rings is 1. The number of fused-ring (bicyclic) bond motifs is 1. The molecule has 0 spiro atoms. The summed E-state index contributed by atoms with van der Waals surface area (Å²) < 4.78 is 0.978. The van der Waals surface area contributed by atoms with Gasteiger partial charge in [0, 0.05) is 22.6 Å². The zero-order valence-corrected chi connectivity index (χ0v) is 15.8. The van der Waals surface area contributed by atoms with Crippen LogP contribution in [0.15, 0.2) is 26.8 Å². The van der Waals surface area contributed by atoms with Gasteiger partial charge in [0.1, 0.15) is 5.56 Å². The van der Waals surface area contributed by atoms with Crippen LogP contribution in [0.3, 0.4) is 0 Å². The normalized spacial score (nSPS) is 15.9. The number of aromatic amines is 1. The van der Waals surface area contributed by atoms with E-state index in [1.54, 1.807) is 0 Å². The summed E-state index contributed by atoms with van der Waals surface area (Å²) in [7, 11) is 0.